The second-order valence-corrected chi connectivity index (χ2v) is 15.9. The van der Waals surface area contributed by atoms with Gasteiger partial charge in [-0.3, -0.25) is 18.6 Å². The first-order chi connectivity index (χ1) is 28.7. The monoisotopic (exact) mass is 846 g/mol. The van der Waals surface area contributed by atoms with Crippen LogP contribution in [-0.4, -0.2) is 60.5 Å². The van der Waals surface area contributed by atoms with E-state index in [4.69, 9.17) is 29.4 Å². The lowest BCUT2D eigenvalue weighted by Gasteiger charge is -2.20. The van der Waals surface area contributed by atoms with Crippen molar-refractivity contribution in [2.75, 3.05) is 26.4 Å². The van der Waals surface area contributed by atoms with Crippen molar-refractivity contribution < 1.29 is 42.7 Å². The Kier molecular flexibility index (Phi) is 40.7. The molecule has 0 amide bonds. The minimum atomic E-state index is -4.64. The second-order valence-electron chi connectivity index (χ2n) is 14.4. The molecule has 0 aromatic rings. The molecule has 0 rings (SSSR count). The van der Waals surface area contributed by atoms with Crippen LogP contribution in [0.5, 0.6) is 0 Å². The number of hydrogen-bond donors (Lipinski definition) is 3. The molecule has 0 saturated carbocycles. The normalized spacial score (nSPS) is 14.8. The van der Waals surface area contributed by atoms with E-state index in [9.17, 15) is 19.0 Å². The molecule has 0 fully saturated rings. The van der Waals surface area contributed by atoms with Crippen LogP contribution < -0.4 is 5.73 Å². The number of aliphatic carboxylic acids is 1. The third kappa shape index (κ3) is 42.8. The molecule has 0 aliphatic heterocycles. The molecule has 59 heavy (non-hydrogen) atoms. The Bertz CT molecular complexity index is 1300. The molecule has 0 aliphatic rings. The summed E-state index contributed by atoms with van der Waals surface area (Å²) >= 11 is 0. The number of ether oxygens (including phenoxy) is 2. The SMILES string of the molecule is CC/C=C\C/C=C\C/C=C\C/C=C\C/C=C\CCCCCCOCC(COP(=O)(O)OCC(N)C(=O)O)OC(=O)CCCCCCCCC/C=C\C/C=C\C/C=C\CC. The first-order valence-electron chi connectivity index (χ1n) is 22.3. The number of carbonyl (C=O) groups is 2. The van der Waals surface area contributed by atoms with E-state index in [1.165, 1.54) is 19.3 Å². The predicted octanol–water partition coefficient (Wildman–Crippen LogP) is 12.5. The number of allylic oxidation sites excluding steroid dienone is 16. The molecule has 0 heterocycles. The van der Waals surface area contributed by atoms with Crippen molar-refractivity contribution in [3.05, 3.63) is 97.2 Å². The van der Waals surface area contributed by atoms with Crippen molar-refractivity contribution in [2.24, 2.45) is 5.73 Å². The van der Waals surface area contributed by atoms with Gasteiger partial charge in [0, 0.05) is 13.0 Å². The fraction of sp³-hybridized carbons (Fsp3) is 0.625. The van der Waals surface area contributed by atoms with Crippen LogP contribution in [0.4, 0.5) is 0 Å². The van der Waals surface area contributed by atoms with Crippen molar-refractivity contribution in [1.29, 1.82) is 0 Å². The van der Waals surface area contributed by atoms with Crippen molar-refractivity contribution in [3.8, 4) is 0 Å². The molecule has 0 aromatic heterocycles. The lowest BCUT2D eigenvalue weighted by Crippen LogP contribution is -2.34. The molecule has 11 heteroatoms. The van der Waals surface area contributed by atoms with Crippen molar-refractivity contribution in [3.63, 3.8) is 0 Å². The van der Waals surface area contributed by atoms with Crippen LogP contribution in [0.3, 0.4) is 0 Å². The first kappa shape index (κ1) is 55.9. The number of esters is 1. The number of carbonyl (C=O) groups excluding carboxylic acids is 1. The molecule has 0 aliphatic carbocycles. The van der Waals surface area contributed by atoms with Gasteiger partial charge < -0.3 is 25.2 Å². The Hall–Kier alpha value is -3.11. The van der Waals surface area contributed by atoms with E-state index in [0.29, 0.717) is 13.0 Å². The van der Waals surface area contributed by atoms with Gasteiger partial charge >= 0.3 is 19.8 Å². The van der Waals surface area contributed by atoms with Crippen LogP contribution in [0.1, 0.15) is 155 Å². The van der Waals surface area contributed by atoms with Crippen LogP contribution in [0.15, 0.2) is 97.2 Å². The molecule has 0 saturated heterocycles. The zero-order valence-corrected chi connectivity index (χ0v) is 37.4. The number of carboxylic acid groups (broad SMARTS) is 1. The molecule has 3 atom stereocenters. The van der Waals surface area contributed by atoms with Gasteiger partial charge in [0.25, 0.3) is 0 Å². The summed E-state index contributed by atoms with van der Waals surface area (Å²) in [6, 6.07) is -1.49. The largest absolute Gasteiger partial charge is 0.480 e. The molecule has 336 valence electrons. The van der Waals surface area contributed by atoms with Gasteiger partial charge in [-0.15, -0.1) is 0 Å². The van der Waals surface area contributed by atoms with E-state index >= 15 is 0 Å². The Balaban J connectivity index is 4.32. The summed E-state index contributed by atoms with van der Waals surface area (Å²) in [5.74, 6) is -1.81. The average molecular weight is 846 g/mol. The second kappa shape index (κ2) is 43.0. The van der Waals surface area contributed by atoms with Gasteiger partial charge in [-0.25, -0.2) is 4.57 Å². The van der Waals surface area contributed by atoms with E-state index in [1.807, 2.05) is 0 Å². The van der Waals surface area contributed by atoms with Crippen molar-refractivity contribution in [2.45, 2.75) is 167 Å². The van der Waals surface area contributed by atoms with Gasteiger partial charge in [-0.1, -0.05) is 156 Å². The zero-order valence-electron chi connectivity index (χ0n) is 36.6. The maximum absolute atomic E-state index is 12.6. The van der Waals surface area contributed by atoms with E-state index in [0.717, 1.165) is 109 Å². The van der Waals surface area contributed by atoms with Gasteiger partial charge in [0.15, 0.2) is 0 Å². The van der Waals surface area contributed by atoms with E-state index in [1.54, 1.807) is 0 Å². The maximum atomic E-state index is 12.6. The van der Waals surface area contributed by atoms with E-state index < -0.39 is 45.1 Å². The van der Waals surface area contributed by atoms with Crippen LogP contribution in [0.2, 0.25) is 0 Å². The number of unbranched alkanes of at least 4 members (excludes halogenated alkanes) is 11. The molecule has 4 N–H and O–H groups in total. The summed E-state index contributed by atoms with van der Waals surface area (Å²) in [5.41, 5.74) is 5.36. The number of rotatable bonds is 41. The molecular weight excluding hydrogens is 765 g/mol. The molecule has 0 bridgehead atoms. The quantitative estimate of drug-likeness (QED) is 0.0234. The average Bonchev–Trinajstić information content (AvgIpc) is 3.21. The number of carboxylic acids is 1. The minimum Gasteiger partial charge on any atom is -0.480 e. The van der Waals surface area contributed by atoms with Gasteiger partial charge in [-0.2, -0.15) is 0 Å². The molecule has 0 spiro atoms. The zero-order chi connectivity index (χ0) is 43.3. The number of hydrogen-bond acceptors (Lipinski definition) is 8. The molecule has 0 aromatic carbocycles. The maximum Gasteiger partial charge on any atom is 0.472 e. The number of nitrogens with two attached hydrogens (primary N) is 1. The highest BCUT2D eigenvalue weighted by molar-refractivity contribution is 7.47. The van der Waals surface area contributed by atoms with E-state index in [2.05, 4.69) is 111 Å². The number of phosphoric acid groups is 1. The molecule has 3 unspecified atom stereocenters. The fourth-order valence-corrected chi connectivity index (χ4v) is 6.24. The van der Waals surface area contributed by atoms with Gasteiger partial charge in [0.05, 0.1) is 19.8 Å². The highest BCUT2D eigenvalue weighted by atomic mass is 31.2. The lowest BCUT2D eigenvalue weighted by molar-refractivity contribution is -0.154. The van der Waals surface area contributed by atoms with Gasteiger partial charge in [-0.05, 0) is 89.9 Å². The summed E-state index contributed by atoms with van der Waals surface area (Å²) < 4.78 is 33.3. The van der Waals surface area contributed by atoms with E-state index in [-0.39, 0.29) is 13.0 Å². The molecule has 10 nitrogen and oxygen atoms in total. The summed E-state index contributed by atoms with van der Waals surface area (Å²) in [6.07, 6.45) is 56.0. The third-order valence-corrected chi connectivity index (χ3v) is 9.81. The smallest absolute Gasteiger partial charge is 0.472 e. The summed E-state index contributed by atoms with van der Waals surface area (Å²) in [6.45, 7) is 3.56. The third-order valence-electron chi connectivity index (χ3n) is 8.86. The highest BCUT2D eigenvalue weighted by Crippen LogP contribution is 2.43. The Labute approximate surface area is 358 Å². The first-order valence-corrected chi connectivity index (χ1v) is 23.8. The minimum absolute atomic E-state index is 0.0110. The standard InChI is InChI=1S/C48H80NO9P/c1-3-5-7-9-11-13-15-17-19-21-22-23-25-27-29-31-33-35-37-39-41-55-42-45(43-56-59(53,54)57-44-46(49)48(51)52)58-47(50)40-38-36-34-32-30-28-26-24-20-18-16-14-12-10-8-6-4-2/h5-8,11-14,17-20,22-23,27,29,45-46H,3-4,9-10,15-16,21,24-26,28,30-44,49H2,1-2H3,(H,51,52)(H,53,54)/b7-5-,8-6-,13-11-,14-12-,19-17-,20-18-,23-22-,29-27-. The van der Waals surface area contributed by atoms with Crippen molar-refractivity contribution >= 4 is 19.8 Å². The fourth-order valence-electron chi connectivity index (χ4n) is 5.47. The van der Waals surface area contributed by atoms with Gasteiger partial charge in [0.2, 0.25) is 0 Å². The summed E-state index contributed by atoms with van der Waals surface area (Å²) in [7, 11) is -4.64. The van der Waals surface area contributed by atoms with Crippen LogP contribution in [0.25, 0.3) is 0 Å². The summed E-state index contributed by atoms with van der Waals surface area (Å²) in [4.78, 5) is 33.6. The van der Waals surface area contributed by atoms with Crippen molar-refractivity contribution in [1.82, 2.24) is 0 Å². The topological polar surface area (TPSA) is 155 Å². The van der Waals surface area contributed by atoms with Crippen LogP contribution in [0, 0.1) is 0 Å². The summed E-state index contributed by atoms with van der Waals surface area (Å²) in [5, 5.41) is 8.90. The van der Waals surface area contributed by atoms with Crippen LogP contribution >= 0.6 is 7.82 Å². The predicted molar refractivity (Wildman–Crippen MR) is 244 cm³/mol. The Morgan fingerprint density at radius 1 is 0.542 bits per heavy atom. The highest BCUT2D eigenvalue weighted by Gasteiger charge is 2.27. The van der Waals surface area contributed by atoms with Crippen LogP contribution in [-0.2, 0) is 32.7 Å². The Morgan fingerprint density at radius 2 is 0.932 bits per heavy atom. The molecule has 0 radical (unpaired) electrons. The molecular formula is C48H80NO9P. The van der Waals surface area contributed by atoms with Gasteiger partial charge in [0.1, 0.15) is 12.1 Å². The number of phosphoric ester groups is 1. The lowest BCUT2D eigenvalue weighted by atomic mass is 10.1. The Morgan fingerprint density at radius 3 is 1.39 bits per heavy atom.